The molecule has 6 rings (SSSR count). The van der Waals surface area contributed by atoms with E-state index in [-0.39, 0.29) is 5.41 Å². The molecular weight excluding hydrogens is 386 g/mol. The highest BCUT2D eigenvalue weighted by Crippen LogP contribution is 2.47. The van der Waals surface area contributed by atoms with Crippen molar-refractivity contribution in [3.05, 3.63) is 60.2 Å². The molecule has 0 radical (unpaired) electrons. The Labute approximate surface area is 180 Å². The summed E-state index contributed by atoms with van der Waals surface area (Å²) in [6, 6.07) is 8.45. The Balaban J connectivity index is 1.52. The van der Waals surface area contributed by atoms with Crippen molar-refractivity contribution in [2.24, 2.45) is 7.05 Å². The van der Waals surface area contributed by atoms with E-state index < -0.39 is 0 Å². The van der Waals surface area contributed by atoms with Crippen LogP contribution in [-0.2, 0) is 12.5 Å². The number of H-pyrrole nitrogens is 1. The molecule has 1 aliphatic heterocycles. The van der Waals surface area contributed by atoms with Crippen molar-refractivity contribution < 1.29 is 4.79 Å². The molecule has 1 fully saturated rings. The molecule has 4 aromatic rings. The number of hydrogen-bond donors (Lipinski definition) is 1. The van der Waals surface area contributed by atoms with Crippen LogP contribution in [0.5, 0.6) is 0 Å². The average Bonchev–Trinajstić information content (AvgIpc) is 3.47. The van der Waals surface area contributed by atoms with Gasteiger partial charge < -0.3 is 9.88 Å². The van der Waals surface area contributed by atoms with Crippen LogP contribution in [0.4, 0.5) is 0 Å². The molecule has 1 N–H and O–H groups in total. The van der Waals surface area contributed by atoms with Gasteiger partial charge in [0.25, 0.3) is 0 Å². The third kappa shape index (κ3) is 2.78. The average molecular weight is 412 g/mol. The molecule has 2 aliphatic rings. The number of aromatic nitrogens is 4. The molecule has 1 spiro atoms. The fourth-order valence-corrected chi connectivity index (χ4v) is 5.47. The number of nitrogens with one attached hydrogen (secondary N) is 1. The molecule has 156 valence electrons. The highest BCUT2D eigenvalue weighted by Gasteiger charge is 2.44. The van der Waals surface area contributed by atoms with E-state index in [9.17, 15) is 4.79 Å². The van der Waals surface area contributed by atoms with E-state index >= 15 is 0 Å². The zero-order chi connectivity index (χ0) is 21.2. The number of benzene rings is 1. The summed E-state index contributed by atoms with van der Waals surface area (Å²) in [4.78, 5) is 23.1. The van der Waals surface area contributed by atoms with Crippen LogP contribution in [0, 0.1) is 0 Å². The first-order valence-corrected chi connectivity index (χ1v) is 10.9. The first-order valence-electron chi connectivity index (χ1n) is 10.9. The Morgan fingerprint density at radius 2 is 1.87 bits per heavy atom. The predicted octanol–water partition coefficient (Wildman–Crippen LogP) is 4.18. The third-order valence-electron chi connectivity index (χ3n) is 7.23. The second-order valence-electron chi connectivity index (χ2n) is 9.13. The molecule has 0 saturated carbocycles. The van der Waals surface area contributed by atoms with E-state index in [2.05, 4.69) is 39.1 Å². The van der Waals surface area contributed by atoms with Gasteiger partial charge in [-0.1, -0.05) is 12.1 Å². The minimum Gasteiger partial charge on any atom is -0.345 e. The van der Waals surface area contributed by atoms with Gasteiger partial charge in [0.2, 0.25) is 0 Å². The normalized spacial score (nSPS) is 18.2. The van der Waals surface area contributed by atoms with Crippen LogP contribution >= 0.6 is 0 Å². The van der Waals surface area contributed by atoms with E-state index in [4.69, 9.17) is 0 Å². The molecule has 31 heavy (non-hydrogen) atoms. The molecule has 1 aliphatic carbocycles. The Kier molecular flexibility index (Phi) is 3.96. The summed E-state index contributed by atoms with van der Waals surface area (Å²) in [5.74, 6) is 0.294. The van der Waals surface area contributed by atoms with Gasteiger partial charge >= 0.3 is 0 Å². The number of Topliss-reactive ketones (excluding diaryl/α,β-unsaturated/α-hetero) is 1. The SMILES string of the molecule is CN1CCC2(CC1)CC(=O)c1ccc(-c3c[nH]c4nccc(-c5cnn(C)c5)c34)cc12. The summed E-state index contributed by atoms with van der Waals surface area (Å²) >= 11 is 0. The number of nitrogens with zero attached hydrogens (tertiary/aromatic N) is 4. The van der Waals surface area contributed by atoms with Gasteiger partial charge in [-0.05, 0) is 61.8 Å². The minimum absolute atomic E-state index is 0.00845. The zero-order valence-electron chi connectivity index (χ0n) is 17.9. The largest absolute Gasteiger partial charge is 0.345 e. The lowest BCUT2D eigenvalue weighted by Gasteiger charge is -2.38. The summed E-state index contributed by atoms with van der Waals surface area (Å²) in [6.07, 6.45) is 10.5. The molecule has 1 saturated heterocycles. The van der Waals surface area contributed by atoms with Crippen LogP contribution in [0.2, 0.25) is 0 Å². The first-order chi connectivity index (χ1) is 15.0. The number of carbonyl (C=O) groups excluding carboxylic acids is 1. The second-order valence-corrected chi connectivity index (χ2v) is 9.13. The van der Waals surface area contributed by atoms with Gasteiger partial charge in [-0.25, -0.2) is 4.98 Å². The number of carbonyl (C=O) groups is 1. The van der Waals surface area contributed by atoms with Crippen molar-refractivity contribution in [3.8, 4) is 22.3 Å². The number of rotatable bonds is 2. The van der Waals surface area contributed by atoms with Crippen LogP contribution in [0.3, 0.4) is 0 Å². The number of likely N-dealkylation sites (tertiary alicyclic amines) is 1. The van der Waals surface area contributed by atoms with Crippen LogP contribution in [0.25, 0.3) is 33.3 Å². The summed E-state index contributed by atoms with van der Waals surface area (Å²) in [6.45, 7) is 2.08. The summed E-state index contributed by atoms with van der Waals surface area (Å²) in [5, 5.41) is 5.44. The van der Waals surface area contributed by atoms with Gasteiger partial charge in [0.05, 0.1) is 6.20 Å². The van der Waals surface area contributed by atoms with Crippen molar-refractivity contribution in [1.29, 1.82) is 0 Å². The highest BCUT2D eigenvalue weighted by molar-refractivity contribution is 6.06. The van der Waals surface area contributed by atoms with Crippen molar-refractivity contribution in [2.75, 3.05) is 20.1 Å². The molecule has 6 heteroatoms. The van der Waals surface area contributed by atoms with E-state index in [1.807, 2.05) is 48.6 Å². The molecular formula is C25H25N5O. The number of pyridine rings is 1. The molecule has 4 heterocycles. The predicted molar refractivity (Wildman–Crippen MR) is 121 cm³/mol. The number of aromatic amines is 1. The summed E-state index contributed by atoms with van der Waals surface area (Å²) < 4.78 is 1.82. The maximum absolute atomic E-state index is 12.8. The van der Waals surface area contributed by atoms with Crippen LogP contribution in [0.1, 0.15) is 35.2 Å². The Morgan fingerprint density at radius 3 is 2.65 bits per heavy atom. The summed E-state index contributed by atoms with van der Waals surface area (Å²) in [7, 11) is 4.10. The van der Waals surface area contributed by atoms with Crippen molar-refractivity contribution in [3.63, 3.8) is 0 Å². The van der Waals surface area contributed by atoms with E-state index in [0.29, 0.717) is 12.2 Å². The van der Waals surface area contributed by atoms with E-state index in [1.54, 1.807) is 0 Å². The molecule has 0 amide bonds. The van der Waals surface area contributed by atoms with Gasteiger partial charge in [-0.3, -0.25) is 9.48 Å². The van der Waals surface area contributed by atoms with Gasteiger partial charge in [-0.15, -0.1) is 0 Å². The van der Waals surface area contributed by atoms with Gasteiger partial charge in [0, 0.05) is 59.6 Å². The molecule has 0 unspecified atom stereocenters. The fourth-order valence-electron chi connectivity index (χ4n) is 5.47. The highest BCUT2D eigenvalue weighted by atomic mass is 16.1. The number of hydrogen-bond acceptors (Lipinski definition) is 4. The van der Waals surface area contributed by atoms with E-state index in [1.165, 1.54) is 5.56 Å². The van der Waals surface area contributed by atoms with Crippen molar-refractivity contribution >= 4 is 16.8 Å². The third-order valence-corrected chi connectivity index (χ3v) is 7.23. The zero-order valence-corrected chi connectivity index (χ0v) is 17.9. The van der Waals surface area contributed by atoms with Crippen LogP contribution in [-0.4, -0.2) is 50.6 Å². The number of piperidine rings is 1. The lowest BCUT2D eigenvalue weighted by Crippen LogP contribution is -2.39. The smallest absolute Gasteiger partial charge is 0.164 e. The van der Waals surface area contributed by atoms with Crippen LogP contribution < -0.4 is 0 Å². The molecule has 0 atom stereocenters. The molecule has 3 aromatic heterocycles. The molecule has 1 aromatic carbocycles. The van der Waals surface area contributed by atoms with Gasteiger partial charge in [-0.2, -0.15) is 5.10 Å². The molecule has 0 bridgehead atoms. The maximum Gasteiger partial charge on any atom is 0.164 e. The Bertz CT molecular complexity index is 1320. The van der Waals surface area contributed by atoms with Crippen molar-refractivity contribution in [2.45, 2.75) is 24.7 Å². The second kappa shape index (κ2) is 6.62. The van der Waals surface area contributed by atoms with Gasteiger partial charge in [0.1, 0.15) is 5.65 Å². The number of fused-ring (bicyclic) bond motifs is 3. The Hall–Kier alpha value is -3.25. The number of ketones is 1. The lowest BCUT2D eigenvalue weighted by atomic mass is 9.73. The monoisotopic (exact) mass is 411 g/mol. The lowest BCUT2D eigenvalue weighted by molar-refractivity contribution is 0.0945. The first kappa shape index (κ1) is 18.5. The fraction of sp³-hybridized carbons (Fsp3) is 0.320. The maximum atomic E-state index is 12.8. The van der Waals surface area contributed by atoms with Crippen molar-refractivity contribution in [1.82, 2.24) is 24.6 Å². The van der Waals surface area contributed by atoms with Crippen LogP contribution in [0.15, 0.2) is 49.1 Å². The standard InChI is InChI=1S/C25H25N5O/c1-29-9-6-25(7-10-29)12-22(31)19-4-3-16(11-21(19)25)20-14-27-24-23(20)18(5-8-26-24)17-13-28-30(2)15-17/h3-5,8,11,13-15H,6-7,9-10,12H2,1-2H3,(H,26,27). The topological polar surface area (TPSA) is 66.8 Å². The Morgan fingerprint density at radius 1 is 1.03 bits per heavy atom. The molecule has 6 nitrogen and oxygen atoms in total. The summed E-state index contributed by atoms with van der Waals surface area (Å²) in [5.41, 5.74) is 7.44. The quantitative estimate of drug-likeness (QED) is 0.537. The van der Waals surface area contributed by atoms with Gasteiger partial charge in [0.15, 0.2) is 5.78 Å². The number of aryl methyl sites for hydroxylation is 1. The van der Waals surface area contributed by atoms with E-state index in [0.717, 1.165) is 64.8 Å². The minimum atomic E-state index is -0.00845.